The Balaban J connectivity index is 1.89. The lowest BCUT2D eigenvalue weighted by Gasteiger charge is -2.19. The van der Waals surface area contributed by atoms with Crippen LogP contribution in [0.2, 0.25) is 0 Å². The van der Waals surface area contributed by atoms with Gasteiger partial charge >= 0.3 is 0 Å². The molecule has 0 saturated carbocycles. The topological polar surface area (TPSA) is 81.0 Å². The number of fused-ring (bicyclic) bond motifs is 2. The molecule has 0 aliphatic carbocycles. The molecule has 0 fully saturated rings. The van der Waals surface area contributed by atoms with Gasteiger partial charge in [0, 0.05) is 17.0 Å². The van der Waals surface area contributed by atoms with Crippen molar-refractivity contribution in [3.63, 3.8) is 0 Å². The summed E-state index contributed by atoms with van der Waals surface area (Å²) in [6.07, 6.45) is 0. The monoisotopic (exact) mass is 339 g/mol. The maximum absolute atomic E-state index is 10.0. The molecule has 0 spiro atoms. The second-order valence-corrected chi connectivity index (χ2v) is 5.72. The molecule has 128 valence electrons. The fourth-order valence-corrected chi connectivity index (χ4v) is 2.96. The van der Waals surface area contributed by atoms with Crippen molar-refractivity contribution < 1.29 is 24.4 Å². The highest BCUT2D eigenvalue weighted by Gasteiger charge is 2.16. The van der Waals surface area contributed by atoms with Gasteiger partial charge in [-0.25, -0.2) is 4.98 Å². The zero-order chi connectivity index (χ0) is 17.4. The first-order valence-corrected chi connectivity index (χ1v) is 7.91. The van der Waals surface area contributed by atoms with Crippen LogP contribution in [0.4, 0.5) is 0 Å². The van der Waals surface area contributed by atoms with Gasteiger partial charge < -0.3 is 24.4 Å². The molecule has 0 unspecified atom stereocenters. The van der Waals surface area contributed by atoms with Crippen LogP contribution in [-0.4, -0.2) is 35.5 Å². The molecule has 3 aromatic rings. The minimum absolute atomic E-state index is 0.0367. The number of phenolic OH excluding ortho intramolecular Hbond substituents is 1. The molecule has 6 nitrogen and oxygen atoms in total. The van der Waals surface area contributed by atoms with Gasteiger partial charge in [-0.1, -0.05) is 0 Å². The number of phenols is 1. The zero-order valence-electron chi connectivity index (χ0n) is 13.7. The molecule has 25 heavy (non-hydrogen) atoms. The Bertz CT molecular complexity index is 954. The van der Waals surface area contributed by atoms with Crippen LogP contribution in [0.5, 0.6) is 23.0 Å². The Morgan fingerprint density at radius 2 is 1.84 bits per heavy atom. The average molecular weight is 339 g/mol. The van der Waals surface area contributed by atoms with E-state index in [1.54, 1.807) is 18.2 Å². The molecule has 0 amide bonds. The van der Waals surface area contributed by atoms with Gasteiger partial charge in [0.1, 0.15) is 13.2 Å². The van der Waals surface area contributed by atoms with Crippen molar-refractivity contribution in [3.05, 3.63) is 42.0 Å². The highest BCUT2D eigenvalue weighted by Crippen LogP contribution is 2.37. The Hall–Kier alpha value is -2.99. The normalized spacial score (nSPS) is 13.0. The number of ether oxygens (including phenoxy) is 3. The summed E-state index contributed by atoms with van der Waals surface area (Å²) >= 11 is 0. The van der Waals surface area contributed by atoms with Crippen molar-refractivity contribution in [1.29, 1.82) is 0 Å². The van der Waals surface area contributed by atoms with Gasteiger partial charge in [0.2, 0.25) is 0 Å². The molecule has 2 N–H and O–H groups in total. The van der Waals surface area contributed by atoms with Gasteiger partial charge in [-0.15, -0.1) is 0 Å². The molecule has 1 aromatic heterocycles. The van der Waals surface area contributed by atoms with Gasteiger partial charge in [0.25, 0.3) is 0 Å². The van der Waals surface area contributed by atoms with Crippen molar-refractivity contribution in [3.8, 4) is 34.3 Å². The molecule has 0 saturated heterocycles. The third kappa shape index (κ3) is 2.70. The maximum atomic E-state index is 10.0. The Labute approximate surface area is 144 Å². The lowest BCUT2D eigenvalue weighted by molar-refractivity contribution is 0.172. The number of aromatic hydroxyl groups is 1. The third-order valence-electron chi connectivity index (χ3n) is 4.20. The van der Waals surface area contributed by atoms with E-state index in [4.69, 9.17) is 14.2 Å². The Morgan fingerprint density at radius 3 is 2.52 bits per heavy atom. The first kappa shape index (κ1) is 15.5. The maximum Gasteiger partial charge on any atom is 0.163 e. The molecule has 1 aliphatic heterocycles. The molecule has 2 heterocycles. The molecule has 1 aliphatic rings. The first-order valence-electron chi connectivity index (χ1n) is 7.91. The number of methoxy groups -OCH3 is 1. The van der Waals surface area contributed by atoms with Crippen LogP contribution in [0.3, 0.4) is 0 Å². The van der Waals surface area contributed by atoms with Gasteiger partial charge in [-0.2, -0.15) is 0 Å². The fraction of sp³-hybridized carbons (Fsp3) is 0.211. The van der Waals surface area contributed by atoms with Crippen LogP contribution in [0, 0.1) is 0 Å². The van der Waals surface area contributed by atoms with Crippen LogP contribution in [-0.2, 0) is 6.61 Å². The summed E-state index contributed by atoms with van der Waals surface area (Å²) in [4.78, 5) is 4.66. The van der Waals surface area contributed by atoms with Gasteiger partial charge in [0.05, 0.1) is 24.9 Å². The SMILES string of the molecule is COc1ccc(-c2cc(CO)c3cc4c(cc3n2)OCCO4)cc1O. The standard InChI is InChI=1S/C19H17NO5/c1-23-17-3-2-11(7-16(17)22)14-6-12(10-21)13-8-18-19(9-15(13)20-14)25-5-4-24-18/h2-3,6-9,21-22H,4-5,10H2,1H3. The first-order chi connectivity index (χ1) is 12.2. The molecule has 0 radical (unpaired) electrons. The summed E-state index contributed by atoms with van der Waals surface area (Å²) in [7, 11) is 1.50. The molecule has 4 rings (SSSR count). The summed E-state index contributed by atoms with van der Waals surface area (Å²) in [5.41, 5.74) is 2.80. The van der Waals surface area contributed by atoms with E-state index < -0.39 is 0 Å². The second kappa shape index (κ2) is 6.14. The Morgan fingerprint density at radius 1 is 1.08 bits per heavy atom. The zero-order valence-corrected chi connectivity index (χ0v) is 13.7. The molecule has 0 atom stereocenters. The van der Waals surface area contributed by atoms with Crippen LogP contribution in [0.1, 0.15) is 5.56 Å². The highest BCUT2D eigenvalue weighted by atomic mass is 16.6. The van der Waals surface area contributed by atoms with Crippen molar-refractivity contribution in [2.75, 3.05) is 20.3 Å². The van der Waals surface area contributed by atoms with E-state index in [1.807, 2.05) is 18.2 Å². The minimum atomic E-state index is -0.131. The van der Waals surface area contributed by atoms with E-state index in [0.717, 1.165) is 16.5 Å². The van der Waals surface area contributed by atoms with Crippen LogP contribution >= 0.6 is 0 Å². The number of pyridine rings is 1. The second-order valence-electron chi connectivity index (χ2n) is 5.72. The van der Waals surface area contributed by atoms with Crippen LogP contribution in [0.15, 0.2) is 36.4 Å². The quantitative estimate of drug-likeness (QED) is 0.764. The van der Waals surface area contributed by atoms with Crippen molar-refractivity contribution in [1.82, 2.24) is 4.98 Å². The summed E-state index contributed by atoms with van der Waals surface area (Å²) < 4.78 is 16.3. The number of nitrogens with zero attached hydrogens (tertiary/aromatic N) is 1. The number of aromatic nitrogens is 1. The van der Waals surface area contributed by atoms with Crippen LogP contribution < -0.4 is 14.2 Å². The van der Waals surface area contributed by atoms with E-state index in [0.29, 0.717) is 41.7 Å². The average Bonchev–Trinajstić information content (AvgIpc) is 2.65. The lowest BCUT2D eigenvalue weighted by Crippen LogP contribution is -2.15. The Kier molecular flexibility index (Phi) is 3.82. The molecular formula is C19H17NO5. The van der Waals surface area contributed by atoms with Crippen molar-refractivity contribution >= 4 is 10.9 Å². The molecule has 6 heteroatoms. The van der Waals surface area contributed by atoms with Crippen molar-refractivity contribution in [2.45, 2.75) is 6.61 Å². The smallest absolute Gasteiger partial charge is 0.163 e. The lowest BCUT2D eigenvalue weighted by atomic mass is 10.0. The van der Waals surface area contributed by atoms with E-state index in [1.165, 1.54) is 7.11 Å². The minimum Gasteiger partial charge on any atom is -0.504 e. The number of hydrogen-bond donors (Lipinski definition) is 2. The van der Waals surface area contributed by atoms with Crippen molar-refractivity contribution in [2.24, 2.45) is 0 Å². The summed E-state index contributed by atoms with van der Waals surface area (Å²) in [6.45, 7) is 0.870. The summed E-state index contributed by atoms with van der Waals surface area (Å²) in [6, 6.07) is 10.5. The number of aliphatic hydroxyl groups is 1. The number of hydrogen-bond acceptors (Lipinski definition) is 6. The van der Waals surface area contributed by atoms with Gasteiger partial charge in [-0.05, 0) is 35.9 Å². The van der Waals surface area contributed by atoms with E-state index in [2.05, 4.69) is 4.98 Å². The molecule has 2 aromatic carbocycles. The van der Waals surface area contributed by atoms with Gasteiger partial charge in [0.15, 0.2) is 23.0 Å². The molecular weight excluding hydrogens is 322 g/mol. The van der Waals surface area contributed by atoms with E-state index in [-0.39, 0.29) is 12.4 Å². The summed E-state index contributed by atoms with van der Waals surface area (Å²) in [5, 5.41) is 20.6. The van der Waals surface area contributed by atoms with E-state index >= 15 is 0 Å². The predicted molar refractivity (Wildman–Crippen MR) is 92.3 cm³/mol. The fourth-order valence-electron chi connectivity index (χ4n) is 2.96. The highest BCUT2D eigenvalue weighted by molar-refractivity contribution is 5.88. The number of rotatable bonds is 3. The van der Waals surface area contributed by atoms with Crippen LogP contribution in [0.25, 0.3) is 22.2 Å². The van der Waals surface area contributed by atoms with E-state index in [9.17, 15) is 10.2 Å². The van der Waals surface area contributed by atoms with Gasteiger partial charge in [-0.3, -0.25) is 0 Å². The summed E-state index contributed by atoms with van der Waals surface area (Å²) in [5.74, 6) is 1.73. The number of aliphatic hydroxyl groups excluding tert-OH is 1. The third-order valence-corrected chi connectivity index (χ3v) is 4.20. The predicted octanol–water partition coefficient (Wildman–Crippen LogP) is 2.88. The largest absolute Gasteiger partial charge is 0.504 e. The molecule has 0 bridgehead atoms. The number of benzene rings is 2.